The zero-order chi connectivity index (χ0) is 24.9. The molecule has 1 aliphatic rings. The highest BCUT2D eigenvalue weighted by Gasteiger charge is 2.34. The monoisotopic (exact) mass is 493 g/mol. The molecule has 2 aromatic carbocycles. The van der Waals surface area contributed by atoms with E-state index in [0.717, 1.165) is 29.5 Å². The lowest BCUT2D eigenvalue weighted by molar-refractivity contribution is -0.137. The first-order chi connectivity index (χ1) is 16.8. The molecule has 1 atom stereocenters. The van der Waals surface area contributed by atoms with Crippen LogP contribution in [0.25, 0.3) is 22.5 Å². The number of aliphatic hydroxyl groups excluding tert-OH is 1. The molecule has 1 amide bonds. The van der Waals surface area contributed by atoms with Crippen LogP contribution in [-0.2, 0) is 16.0 Å². The second-order valence-corrected chi connectivity index (χ2v) is 9.27. The minimum absolute atomic E-state index is 0.102. The Balaban J connectivity index is 1.70. The lowest BCUT2D eigenvalue weighted by Crippen LogP contribution is -2.46. The molecule has 0 saturated carbocycles. The van der Waals surface area contributed by atoms with Gasteiger partial charge in [0.15, 0.2) is 5.82 Å². The van der Waals surface area contributed by atoms with Crippen molar-refractivity contribution in [2.75, 3.05) is 11.4 Å². The fourth-order valence-corrected chi connectivity index (χ4v) is 4.33. The van der Waals surface area contributed by atoms with Gasteiger partial charge in [0, 0.05) is 35.5 Å². The van der Waals surface area contributed by atoms with Crippen LogP contribution in [0.4, 0.5) is 5.82 Å². The van der Waals surface area contributed by atoms with Gasteiger partial charge in [-0.1, -0.05) is 66.4 Å². The molecular formula is C27H28ClN3O4. The van der Waals surface area contributed by atoms with E-state index in [1.807, 2.05) is 43.3 Å². The van der Waals surface area contributed by atoms with Gasteiger partial charge in [-0.15, -0.1) is 0 Å². The van der Waals surface area contributed by atoms with Gasteiger partial charge in [-0.25, -0.2) is 9.97 Å². The number of benzene rings is 2. The number of aromatic nitrogens is 2. The summed E-state index contributed by atoms with van der Waals surface area (Å²) < 4.78 is 0. The van der Waals surface area contributed by atoms with Crippen LogP contribution in [0.2, 0.25) is 5.02 Å². The van der Waals surface area contributed by atoms with Crippen molar-refractivity contribution in [1.82, 2.24) is 9.97 Å². The largest absolute Gasteiger partial charge is 0.481 e. The predicted octanol–water partition coefficient (Wildman–Crippen LogP) is 5.06. The number of carboxylic acids is 1. The molecule has 0 fully saturated rings. The molecule has 35 heavy (non-hydrogen) atoms. The Kier molecular flexibility index (Phi) is 7.78. The van der Waals surface area contributed by atoms with Crippen molar-refractivity contribution in [1.29, 1.82) is 0 Å². The third-order valence-electron chi connectivity index (χ3n) is 6.11. The summed E-state index contributed by atoms with van der Waals surface area (Å²) in [5.41, 5.74) is 4.74. The van der Waals surface area contributed by atoms with Crippen LogP contribution in [0.5, 0.6) is 0 Å². The molecule has 2 N–H and O–H groups in total. The van der Waals surface area contributed by atoms with Gasteiger partial charge in [0.05, 0.1) is 17.1 Å². The van der Waals surface area contributed by atoms with Crippen molar-refractivity contribution in [3.63, 3.8) is 0 Å². The number of carbonyl (C=O) groups excluding carboxylic acids is 1. The van der Waals surface area contributed by atoms with E-state index >= 15 is 0 Å². The molecule has 0 aliphatic carbocycles. The van der Waals surface area contributed by atoms with Crippen LogP contribution in [0.15, 0.2) is 48.5 Å². The highest BCUT2D eigenvalue weighted by molar-refractivity contribution is 6.30. The number of fused-ring (bicyclic) bond motifs is 1. The number of hydrogen-bond acceptors (Lipinski definition) is 5. The van der Waals surface area contributed by atoms with Gasteiger partial charge in [-0.05, 0) is 31.9 Å². The van der Waals surface area contributed by atoms with Gasteiger partial charge in [0.2, 0.25) is 0 Å². The minimum atomic E-state index is -1.17. The second kappa shape index (κ2) is 11.0. The van der Waals surface area contributed by atoms with Gasteiger partial charge in [0.25, 0.3) is 5.91 Å². The Morgan fingerprint density at radius 3 is 2.23 bits per heavy atom. The number of nitrogens with zero attached hydrogens (tertiary/aromatic N) is 3. The average Bonchev–Trinajstić information content (AvgIpc) is 2.83. The molecule has 1 unspecified atom stereocenters. The number of aliphatic carboxylic acids is 1. The van der Waals surface area contributed by atoms with E-state index in [-0.39, 0.29) is 18.7 Å². The number of halogens is 1. The Labute approximate surface area is 209 Å². The molecule has 0 saturated heterocycles. The summed E-state index contributed by atoms with van der Waals surface area (Å²) in [6.07, 6.45) is 1.90. The zero-order valence-corrected chi connectivity index (χ0v) is 20.3. The number of aryl methyl sites for hydroxylation is 1. The minimum Gasteiger partial charge on any atom is -0.481 e. The van der Waals surface area contributed by atoms with Gasteiger partial charge < -0.3 is 10.2 Å². The Hall–Kier alpha value is -3.29. The van der Waals surface area contributed by atoms with Crippen molar-refractivity contribution in [3.8, 4) is 22.5 Å². The number of carbonyl (C=O) groups is 2. The summed E-state index contributed by atoms with van der Waals surface area (Å²) in [4.78, 5) is 35.0. The molecule has 3 aromatic rings. The summed E-state index contributed by atoms with van der Waals surface area (Å²) >= 11 is 6.10. The van der Waals surface area contributed by atoms with Crippen LogP contribution in [0, 0.1) is 6.92 Å². The first-order valence-corrected chi connectivity index (χ1v) is 12.2. The first-order valence-electron chi connectivity index (χ1n) is 11.8. The predicted molar refractivity (Wildman–Crippen MR) is 135 cm³/mol. The van der Waals surface area contributed by atoms with E-state index in [2.05, 4.69) is 0 Å². The van der Waals surface area contributed by atoms with Gasteiger partial charge in [-0.3, -0.25) is 14.5 Å². The van der Waals surface area contributed by atoms with Crippen LogP contribution in [0.3, 0.4) is 0 Å². The Morgan fingerprint density at radius 2 is 1.57 bits per heavy atom. The molecule has 1 aliphatic heterocycles. The molecule has 1 aromatic heterocycles. The summed E-state index contributed by atoms with van der Waals surface area (Å²) in [6.45, 7) is 2.40. The Morgan fingerprint density at radius 1 is 0.971 bits per heavy atom. The van der Waals surface area contributed by atoms with Crippen molar-refractivity contribution in [2.24, 2.45) is 0 Å². The lowest BCUT2D eigenvalue weighted by atomic mass is 10.0. The van der Waals surface area contributed by atoms with E-state index in [1.54, 1.807) is 12.1 Å². The fraction of sp³-hybridized carbons (Fsp3) is 0.333. The van der Waals surface area contributed by atoms with Crippen LogP contribution in [0.1, 0.15) is 43.4 Å². The number of rotatable bonds is 9. The summed E-state index contributed by atoms with van der Waals surface area (Å²) in [5.74, 6) is -0.714. The van der Waals surface area contributed by atoms with Crippen molar-refractivity contribution >= 4 is 29.3 Å². The second-order valence-electron chi connectivity index (χ2n) is 8.83. The normalized spacial score (nSPS) is 15.2. The average molecular weight is 494 g/mol. The lowest BCUT2D eigenvalue weighted by Gasteiger charge is -2.31. The van der Waals surface area contributed by atoms with Crippen molar-refractivity contribution in [3.05, 3.63) is 64.8 Å². The molecule has 182 valence electrons. The van der Waals surface area contributed by atoms with Crippen LogP contribution in [-0.4, -0.2) is 44.7 Å². The topological polar surface area (TPSA) is 104 Å². The first kappa shape index (κ1) is 24.8. The third kappa shape index (κ3) is 5.86. The SMILES string of the molecule is Cc1ccc(-c2nc3c(nc2-c2ccc(Cl)cc2)CC(O)C(=O)N3CCCCCCC(=O)O)cc1. The van der Waals surface area contributed by atoms with Crippen molar-refractivity contribution in [2.45, 2.75) is 51.6 Å². The van der Waals surface area contributed by atoms with Crippen LogP contribution >= 0.6 is 11.6 Å². The quantitative estimate of drug-likeness (QED) is 0.404. The standard InChI is InChI=1S/C27H28ClN3O4/c1-17-7-9-18(10-8-17)25-24(19-11-13-20(28)14-12-19)29-21-16-22(32)27(35)31(26(21)30-25)15-5-3-2-4-6-23(33)34/h7-14,22,32H,2-6,15-16H2,1H3,(H,33,34). The number of aliphatic hydroxyl groups is 1. The maximum absolute atomic E-state index is 12.9. The molecule has 4 rings (SSSR count). The summed E-state index contributed by atoms with van der Waals surface area (Å²) in [6, 6.07) is 15.3. The van der Waals surface area contributed by atoms with E-state index in [0.29, 0.717) is 47.3 Å². The fourth-order valence-electron chi connectivity index (χ4n) is 4.21. The maximum atomic E-state index is 12.9. The van der Waals surface area contributed by atoms with E-state index < -0.39 is 12.1 Å². The molecule has 0 bridgehead atoms. The molecule has 0 spiro atoms. The van der Waals surface area contributed by atoms with Gasteiger partial charge in [0.1, 0.15) is 6.10 Å². The molecule has 7 nitrogen and oxygen atoms in total. The smallest absolute Gasteiger partial charge is 0.303 e. The maximum Gasteiger partial charge on any atom is 0.303 e. The molecule has 0 radical (unpaired) electrons. The third-order valence-corrected chi connectivity index (χ3v) is 6.36. The van der Waals surface area contributed by atoms with Crippen molar-refractivity contribution < 1.29 is 19.8 Å². The summed E-state index contributed by atoms with van der Waals surface area (Å²) in [7, 11) is 0. The van der Waals surface area contributed by atoms with E-state index in [4.69, 9.17) is 26.7 Å². The van der Waals surface area contributed by atoms with Gasteiger partial charge in [-0.2, -0.15) is 0 Å². The highest BCUT2D eigenvalue weighted by atomic mass is 35.5. The molecule has 8 heteroatoms. The number of unbranched alkanes of at least 4 members (excludes halogenated alkanes) is 3. The molecular weight excluding hydrogens is 466 g/mol. The Bertz CT molecular complexity index is 1210. The number of hydrogen-bond donors (Lipinski definition) is 2. The zero-order valence-electron chi connectivity index (χ0n) is 19.6. The number of carboxylic acid groups (broad SMARTS) is 1. The molecule has 2 heterocycles. The number of anilines is 1. The highest BCUT2D eigenvalue weighted by Crippen LogP contribution is 2.35. The summed E-state index contributed by atoms with van der Waals surface area (Å²) in [5, 5.41) is 19.9. The van der Waals surface area contributed by atoms with Gasteiger partial charge >= 0.3 is 5.97 Å². The number of amides is 1. The van der Waals surface area contributed by atoms with E-state index in [9.17, 15) is 14.7 Å². The van der Waals surface area contributed by atoms with Crippen LogP contribution < -0.4 is 4.90 Å². The van der Waals surface area contributed by atoms with E-state index in [1.165, 1.54) is 4.90 Å².